The van der Waals surface area contributed by atoms with Crippen LogP contribution in [0, 0.1) is 0 Å². The van der Waals surface area contributed by atoms with E-state index in [0.717, 1.165) is 32.2 Å². The molecule has 1 rings (SSSR count). The Morgan fingerprint density at radius 2 is 2.29 bits per heavy atom. The number of hydrogen-bond acceptors (Lipinski definition) is 2. The van der Waals surface area contributed by atoms with Gasteiger partial charge in [-0.2, -0.15) is 0 Å². The van der Waals surface area contributed by atoms with Crippen molar-refractivity contribution in [2.45, 2.75) is 58.0 Å². The molecule has 0 aliphatic carbocycles. The van der Waals surface area contributed by atoms with Gasteiger partial charge in [-0.25, -0.2) is 0 Å². The zero-order valence-electron chi connectivity index (χ0n) is 9.52. The summed E-state index contributed by atoms with van der Waals surface area (Å²) in [5.41, 5.74) is -0.0594. The predicted molar refractivity (Wildman–Crippen MR) is 58.2 cm³/mol. The highest BCUT2D eigenvalue weighted by Crippen LogP contribution is 2.12. The molecule has 1 heterocycles. The van der Waals surface area contributed by atoms with Gasteiger partial charge in [-0.05, 0) is 39.7 Å². The second-order valence-electron chi connectivity index (χ2n) is 4.77. The van der Waals surface area contributed by atoms with E-state index in [9.17, 15) is 4.79 Å². The maximum Gasteiger partial charge on any atom is 0.237 e. The van der Waals surface area contributed by atoms with Gasteiger partial charge < -0.3 is 10.6 Å². The fourth-order valence-electron chi connectivity index (χ4n) is 2.02. The summed E-state index contributed by atoms with van der Waals surface area (Å²) in [5, 5.41) is 6.31. The van der Waals surface area contributed by atoms with Crippen LogP contribution in [0.25, 0.3) is 0 Å². The summed E-state index contributed by atoms with van der Waals surface area (Å²) < 4.78 is 0. The number of hydrogen-bond donors (Lipinski definition) is 2. The van der Waals surface area contributed by atoms with E-state index in [0.29, 0.717) is 0 Å². The van der Waals surface area contributed by atoms with Crippen molar-refractivity contribution < 1.29 is 4.79 Å². The molecule has 1 amide bonds. The summed E-state index contributed by atoms with van der Waals surface area (Å²) in [6.45, 7) is 7.29. The van der Waals surface area contributed by atoms with Gasteiger partial charge in [0.25, 0.3) is 0 Å². The molecule has 0 saturated carbocycles. The lowest BCUT2D eigenvalue weighted by atomic mass is 9.98. The molecule has 0 aromatic rings. The first-order valence-electron chi connectivity index (χ1n) is 5.60. The number of carbonyl (C=O) groups is 1. The number of rotatable bonds is 4. The highest BCUT2D eigenvalue weighted by molar-refractivity contribution is 5.82. The summed E-state index contributed by atoms with van der Waals surface area (Å²) in [5.74, 6) is 0.168. The van der Waals surface area contributed by atoms with Crippen LogP contribution in [-0.2, 0) is 4.79 Å². The fourth-order valence-corrected chi connectivity index (χ4v) is 2.02. The molecule has 1 aliphatic heterocycles. The maximum atomic E-state index is 11.8. The van der Waals surface area contributed by atoms with Crippen molar-refractivity contribution in [1.82, 2.24) is 10.6 Å². The topological polar surface area (TPSA) is 41.1 Å². The third-order valence-corrected chi connectivity index (χ3v) is 2.71. The normalized spacial score (nSPS) is 22.4. The summed E-state index contributed by atoms with van der Waals surface area (Å²) >= 11 is 0. The highest BCUT2D eigenvalue weighted by atomic mass is 16.2. The van der Waals surface area contributed by atoms with E-state index in [2.05, 4.69) is 31.4 Å². The Balaban J connectivity index is 2.38. The van der Waals surface area contributed by atoms with Crippen LogP contribution in [-0.4, -0.2) is 24.0 Å². The number of nitrogens with one attached hydrogen (secondary N) is 2. The highest BCUT2D eigenvalue weighted by Gasteiger charge is 2.26. The molecular weight excluding hydrogens is 176 g/mol. The molecule has 0 radical (unpaired) electrons. The van der Waals surface area contributed by atoms with Crippen molar-refractivity contribution in [2.75, 3.05) is 6.54 Å². The van der Waals surface area contributed by atoms with E-state index in [1.54, 1.807) is 0 Å². The first kappa shape index (κ1) is 11.5. The molecule has 0 aromatic carbocycles. The van der Waals surface area contributed by atoms with E-state index in [1.165, 1.54) is 0 Å². The third kappa shape index (κ3) is 3.29. The lowest BCUT2D eigenvalue weighted by Crippen LogP contribution is -2.50. The van der Waals surface area contributed by atoms with Crippen molar-refractivity contribution in [1.29, 1.82) is 0 Å². The van der Waals surface area contributed by atoms with Gasteiger partial charge in [0, 0.05) is 5.54 Å². The smallest absolute Gasteiger partial charge is 0.237 e. The molecule has 2 N–H and O–H groups in total. The van der Waals surface area contributed by atoms with E-state index in [-0.39, 0.29) is 17.5 Å². The van der Waals surface area contributed by atoms with Gasteiger partial charge in [0.15, 0.2) is 0 Å². The third-order valence-electron chi connectivity index (χ3n) is 2.71. The first-order valence-corrected chi connectivity index (χ1v) is 5.60. The molecule has 1 atom stereocenters. The Morgan fingerprint density at radius 3 is 2.79 bits per heavy atom. The Hall–Kier alpha value is -0.570. The van der Waals surface area contributed by atoms with E-state index in [1.807, 2.05) is 0 Å². The molecule has 14 heavy (non-hydrogen) atoms. The van der Waals surface area contributed by atoms with Crippen LogP contribution in [0.4, 0.5) is 0 Å². The zero-order valence-corrected chi connectivity index (χ0v) is 9.52. The largest absolute Gasteiger partial charge is 0.350 e. The van der Waals surface area contributed by atoms with Gasteiger partial charge in [0.1, 0.15) is 0 Å². The predicted octanol–water partition coefficient (Wildman–Crippen LogP) is 1.43. The minimum atomic E-state index is -0.0594. The molecule has 3 heteroatoms. The molecule has 82 valence electrons. The average Bonchev–Trinajstić information content (AvgIpc) is 2.53. The first-order chi connectivity index (χ1) is 6.55. The van der Waals surface area contributed by atoms with E-state index >= 15 is 0 Å². The van der Waals surface area contributed by atoms with Crippen LogP contribution in [0.2, 0.25) is 0 Å². The Bertz CT molecular complexity index is 195. The van der Waals surface area contributed by atoms with Gasteiger partial charge in [-0.1, -0.05) is 13.3 Å². The SMILES string of the molecule is CCCC(C)(C)NC(=O)C1CCCN1. The quantitative estimate of drug-likeness (QED) is 0.717. The Labute approximate surface area is 86.6 Å². The lowest BCUT2D eigenvalue weighted by molar-refractivity contribution is -0.124. The van der Waals surface area contributed by atoms with Crippen LogP contribution in [0.3, 0.4) is 0 Å². The van der Waals surface area contributed by atoms with Crippen LogP contribution >= 0.6 is 0 Å². The molecule has 3 nitrogen and oxygen atoms in total. The average molecular weight is 198 g/mol. The summed E-state index contributed by atoms with van der Waals surface area (Å²) in [4.78, 5) is 11.8. The Morgan fingerprint density at radius 1 is 1.57 bits per heavy atom. The van der Waals surface area contributed by atoms with E-state index in [4.69, 9.17) is 0 Å². The summed E-state index contributed by atoms with van der Waals surface area (Å²) in [6, 6.07) is 0.0473. The minimum Gasteiger partial charge on any atom is -0.350 e. The van der Waals surface area contributed by atoms with Gasteiger partial charge in [0.05, 0.1) is 6.04 Å². The van der Waals surface area contributed by atoms with Crippen molar-refractivity contribution in [3.8, 4) is 0 Å². The van der Waals surface area contributed by atoms with Crippen molar-refractivity contribution in [2.24, 2.45) is 0 Å². The van der Waals surface area contributed by atoms with E-state index < -0.39 is 0 Å². The van der Waals surface area contributed by atoms with Gasteiger partial charge in [-0.3, -0.25) is 4.79 Å². The monoisotopic (exact) mass is 198 g/mol. The Kier molecular flexibility index (Phi) is 3.93. The number of amides is 1. The second kappa shape index (κ2) is 4.78. The summed E-state index contributed by atoms with van der Waals surface area (Å²) in [7, 11) is 0. The van der Waals surface area contributed by atoms with Crippen LogP contribution in [0.5, 0.6) is 0 Å². The molecule has 1 saturated heterocycles. The second-order valence-corrected chi connectivity index (χ2v) is 4.77. The molecule has 1 fully saturated rings. The van der Waals surface area contributed by atoms with Crippen LogP contribution in [0.15, 0.2) is 0 Å². The lowest BCUT2D eigenvalue weighted by Gasteiger charge is -2.27. The molecule has 1 unspecified atom stereocenters. The fraction of sp³-hybridized carbons (Fsp3) is 0.909. The molecular formula is C11H22N2O. The van der Waals surface area contributed by atoms with Crippen LogP contribution < -0.4 is 10.6 Å². The molecule has 0 spiro atoms. The van der Waals surface area contributed by atoms with Crippen molar-refractivity contribution in [3.63, 3.8) is 0 Å². The molecule has 0 bridgehead atoms. The van der Waals surface area contributed by atoms with Gasteiger partial charge in [-0.15, -0.1) is 0 Å². The minimum absolute atomic E-state index is 0.0473. The van der Waals surface area contributed by atoms with Crippen molar-refractivity contribution in [3.05, 3.63) is 0 Å². The van der Waals surface area contributed by atoms with Crippen LogP contribution in [0.1, 0.15) is 46.5 Å². The molecule has 1 aliphatic rings. The number of carbonyl (C=O) groups excluding carboxylic acids is 1. The van der Waals surface area contributed by atoms with Gasteiger partial charge >= 0.3 is 0 Å². The van der Waals surface area contributed by atoms with Gasteiger partial charge in [0.2, 0.25) is 5.91 Å². The molecule has 0 aromatic heterocycles. The maximum absolute atomic E-state index is 11.8. The summed E-state index contributed by atoms with van der Waals surface area (Å²) in [6.07, 6.45) is 4.23. The zero-order chi connectivity index (χ0) is 10.6. The van der Waals surface area contributed by atoms with Crippen molar-refractivity contribution >= 4 is 5.91 Å². The standard InChI is InChI=1S/C11H22N2O/c1-4-7-11(2,3)13-10(14)9-6-5-8-12-9/h9,12H,4-8H2,1-3H3,(H,13,14).